The molecule has 0 aliphatic carbocycles. The third-order valence-electron chi connectivity index (χ3n) is 9.72. The third-order valence-corrected chi connectivity index (χ3v) is 9.72. The molecule has 47 heavy (non-hydrogen) atoms. The van der Waals surface area contributed by atoms with Gasteiger partial charge in [0.2, 0.25) is 0 Å². The van der Waals surface area contributed by atoms with Crippen LogP contribution in [0, 0.1) is 0 Å². The highest BCUT2D eigenvalue weighted by molar-refractivity contribution is 6.33. The molecule has 6 heterocycles. The fourth-order valence-electron chi connectivity index (χ4n) is 7.89. The van der Waals surface area contributed by atoms with E-state index in [4.69, 9.17) is 9.97 Å². The van der Waals surface area contributed by atoms with E-state index in [1.54, 1.807) is 0 Å². The molecular formula is C41H24N6. The zero-order chi connectivity index (χ0) is 30.6. The predicted molar refractivity (Wildman–Crippen MR) is 192 cm³/mol. The number of rotatable bonds is 2. The van der Waals surface area contributed by atoms with Crippen molar-refractivity contribution in [2.24, 2.45) is 0 Å². The minimum Gasteiger partial charge on any atom is -0.307 e. The smallest absolute Gasteiger partial charge is 0.164 e. The Balaban J connectivity index is 1.45. The molecule has 0 saturated heterocycles. The Hall–Kier alpha value is -6.53. The zero-order valence-electron chi connectivity index (χ0n) is 25.0. The van der Waals surface area contributed by atoms with Gasteiger partial charge in [0.1, 0.15) is 11.2 Å². The summed E-state index contributed by atoms with van der Waals surface area (Å²) in [6.45, 7) is 0. The Kier molecular flexibility index (Phi) is 4.75. The van der Waals surface area contributed by atoms with Crippen LogP contribution < -0.4 is 0 Å². The molecule has 0 unspecified atom stereocenters. The SMILES string of the molecule is c1ccc(-n2c3ccccc3c3ccc4c5c6c7cnccc7n7c8ncccc8nc7c6ccc5n(-c5ccccc5)c4c32)cc1. The summed E-state index contributed by atoms with van der Waals surface area (Å²) < 4.78 is 7.06. The van der Waals surface area contributed by atoms with Crippen LogP contribution >= 0.6 is 0 Å². The van der Waals surface area contributed by atoms with Crippen molar-refractivity contribution < 1.29 is 0 Å². The van der Waals surface area contributed by atoms with E-state index >= 15 is 0 Å². The van der Waals surface area contributed by atoms with Crippen molar-refractivity contribution in [1.82, 2.24) is 28.5 Å². The first-order chi connectivity index (χ1) is 23.4. The molecule has 6 nitrogen and oxygen atoms in total. The summed E-state index contributed by atoms with van der Waals surface area (Å²) in [6.07, 6.45) is 5.69. The first-order valence-corrected chi connectivity index (χ1v) is 15.8. The molecule has 0 saturated carbocycles. The lowest BCUT2D eigenvalue weighted by atomic mass is 10.0. The molecule has 11 rings (SSSR count). The second kappa shape index (κ2) is 9.02. The van der Waals surface area contributed by atoms with Gasteiger partial charge in [0, 0.05) is 67.7 Å². The normalized spacial score (nSPS) is 12.3. The van der Waals surface area contributed by atoms with Crippen LogP contribution in [0.15, 0.2) is 146 Å². The Labute approximate surface area is 267 Å². The third kappa shape index (κ3) is 3.16. The monoisotopic (exact) mass is 600 g/mol. The van der Waals surface area contributed by atoms with Crippen molar-refractivity contribution in [2.45, 2.75) is 0 Å². The first kappa shape index (κ1) is 24.8. The van der Waals surface area contributed by atoms with Crippen LogP contribution in [-0.2, 0) is 0 Å². The molecule has 0 aliphatic heterocycles. The van der Waals surface area contributed by atoms with E-state index in [1.165, 1.54) is 38.1 Å². The summed E-state index contributed by atoms with van der Waals surface area (Å²) >= 11 is 0. The van der Waals surface area contributed by atoms with Crippen LogP contribution in [0.4, 0.5) is 0 Å². The van der Waals surface area contributed by atoms with E-state index in [2.05, 4.69) is 134 Å². The van der Waals surface area contributed by atoms with Crippen molar-refractivity contribution in [3.05, 3.63) is 146 Å². The van der Waals surface area contributed by atoms with Crippen LogP contribution in [-0.4, -0.2) is 28.5 Å². The van der Waals surface area contributed by atoms with Crippen LogP contribution in [0.2, 0.25) is 0 Å². The Bertz CT molecular complexity index is 3060. The summed E-state index contributed by atoms with van der Waals surface area (Å²) in [7, 11) is 0. The average Bonchev–Trinajstić information content (AvgIpc) is 3.80. The number of hydrogen-bond acceptors (Lipinski definition) is 3. The highest BCUT2D eigenvalue weighted by atomic mass is 15.1. The number of imidazole rings is 1. The molecule has 0 atom stereocenters. The number of hydrogen-bond donors (Lipinski definition) is 0. The summed E-state index contributed by atoms with van der Waals surface area (Å²) in [6, 6.07) is 45.3. The molecule has 0 N–H and O–H groups in total. The van der Waals surface area contributed by atoms with Crippen molar-refractivity contribution in [3.8, 4) is 11.4 Å². The van der Waals surface area contributed by atoms with Crippen LogP contribution in [0.5, 0.6) is 0 Å². The molecule has 6 heteroatoms. The van der Waals surface area contributed by atoms with Gasteiger partial charge < -0.3 is 9.13 Å². The van der Waals surface area contributed by atoms with Gasteiger partial charge in [-0.25, -0.2) is 9.97 Å². The first-order valence-electron chi connectivity index (χ1n) is 15.8. The number of benzene rings is 5. The molecule has 0 spiro atoms. The molecule has 5 aromatic carbocycles. The Morgan fingerprint density at radius 1 is 0.426 bits per heavy atom. The fraction of sp³-hybridized carbons (Fsp3) is 0. The molecule has 0 aliphatic rings. The second-order valence-corrected chi connectivity index (χ2v) is 12.1. The van der Waals surface area contributed by atoms with Crippen molar-refractivity contribution >= 4 is 82.1 Å². The molecule has 218 valence electrons. The van der Waals surface area contributed by atoms with Gasteiger partial charge in [0.05, 0.1) is 27.6 Å². The van der Waals surface area contributed by atoms with Gasteiger partial charge in [-0.1, -0.05) is 66.7 Å². The number of fused-ring (bicyclic) bond motifs is 16. The molecular weight excluding hydrogens is 576 g/mol. The summed E-state index contributed by atoms with van der Waals surface area (Å²) in [5, 5.41) is 8.12. The lowest BCUT2D eigenvalue weighted by Gasteiger charge is -2.12. The van der Waals surface area contributed by atoms with Gasteiger partial charge in [-0.05, 0) is 60.7 Å². The lowest BCUT2D eigenvalue weighted by Crippen LogP contribution is -1.98. The van der Waals surface area contributed by atoms with Gasteiger partial charge in [0.25, 0.3) is 0 Å². The van der Waals surface area contributed by atoms with Gasteiger partial charge in [-0.15, -0.1) is 0 Å². The van der Waals surface area contributed by atoms with Gasteiger partial charge >= 0.3 is 0 Å². The minimum absolute atomic E-state index is 0.849. The van der Waals surface area contributed by atoms with E-state index in [-0.39, 0.29) is 0 Å². The number of para-hydroxylation sites is 3. The lowest BCUT2D eigenvalue weighted by molar-refractivity contribution is 1.15. The van der Waals surface area contributed by atoms with Gasteiger partial charge in [-0.3, -0.25) is 9.38 Å². The number of pyridine rings is 3. The number of nitrogens with zero attached hydrogens (tertiary/aromatic N) is 6. The van der Waals surface area contributed by atoms with Crippen molar-refractivity contribution in [2.75, 3.05) is 0 Å². The molecule has 0 radical (unpaired) electrons. The maximum Gasteiger partial charge on any atom is 0.164 e. The van der Waals surface area contributed by atoms with E-state index < -0.39 is 0 Å². The molecule has 6 aromatic heterocycles. The quantitative estimate of drug-likeness (QED) is 0.186. The molecule has 11 aromatic rings. The van der Waals surface area contributed by atoms with Crippen molar-refractivity contribution in [1.29, 1.82) is 0 Å². The van der Waals surface area contributed by atoms with E-state index in [0.717, 1.165) is 55.4 Å². The minimum atomic E-state index is 0.849. The largest absolute Gasteiger partial charge is 0.307 e. The van der Waals surface area contributed by atoms with E-state index in [0.29, 0.717) is 0 Å². The molecule has 0 fully saturated rings. The van der Waals surface area contributed by atoms with Gasteiger partial charge in [-0.2, -0.15) is 0 Å². The standard InChI is InChI=1S/C41H24N6/c1-3-10-25(11-4-1)45-33-16-8-7-14-27(33)28-17-18-29-37-35(46(39(29)38(28)45)26-12-5-2-6-13-26)20-19-30-36(37)31-24-42-23-21-34(31)47-40(30)44-32-15-9-22-43-41(32)47/h1-24H. The maximum absolute atomic E-state index is 5.15. The summed E-state index contributed by atoms with van der Waals surface area (Å²) in [5.74, 6) is 0. The van der Waals surface area contributed by atoms with Crippen molar-refractivity contribution in [3.63, 3.8) is 0 Å². The van der Waals surface area contributed by atoms with Crippen LogP contribution in [0.3, 0.4) is 0 Å². The van der Waals surface area contributed by atoms with Crippen LogP contribution in [0.25, 0.3) is 93.5 Å². The fourth-order valence-corrected chi connectivity index (χ4v) is 7.89. The molecule has 0 amide bonds. The van der Waals surface area contributed by atoms with E-state index in [9.17, 15) is 0 Å². The van der Waals surface area contributed by atoms with Gasteiger partial charge in [0.15, 0.2) is 5.65 Å². The topological polar surface area (TPSA) is 52.9 Å². The van der Waals surface area contributed by atoms with Crippen LogP contribution in [0.1, 0.15) is 0 Å². The second-order valence-electron chi connectivity index (χ2n) is 12.1. The average molecular weight is 601 g/mol. The summed E-state index contributed by atoms with van der Waals surface area (Å²) in [5.41, 5.74) is 10.6. The predicted octanol–water partition coefficient (Wildman–Crippen LogP) is 9.78. The maximum atomic E-state index is 5.15. The molecule has 0 bridgehead atoms. The highest BCUT2D eigenvalue weighted by Gasteiger charge is 2.24. The van der Waals surface area contributed by atoms with E-state index in [1.807, 2.05) is 30.7 Å². The summed E-state index contributed by atoms with van der Waals surface area (Å²) in [4.78, 5) is 14.5. The Morgan fingerprint density at radius 2 is 1.13 bits per heavy atom. The Morgan fingerprint density at radius 3 is 1.96 bits per heavy atom. The number of aromatic nitrogens is 6. The highest BCUT2D eigenvalue weighted by Crippen LogP contribution is 2.45. The zero-order valence-corrected chi connectivity index (χ0v) is 25.0.